The smallest absolute Gasteiger partial charge is 0.271 e. The molecule has 0 unspecified atom stereocenters. The number of rotatable bonds is 6. The molecule has 1 heterocycles. The molecule has 0 aliphatic carbocycles. The highest BCUT2D eigenvalue weighted by molar-refractivity contribution is 6.33. The summed E-state index contributed by atoms with van der Waals surface area (Å²) >= 11 is 5.95. The van der Waals surface area contributed by atoms with Gasteiger partial charge in [0.25, 0.3) is 5.69 Å². The van der Waals surface area contributed by atoms with Crippen LogP contribution in [0.5, 0.6) is 0 Å². The Labute approximate surface area is 131 Å². The van der Waals surface area contributed by atoms with E-state index in [4.69, 9.17) is 17.3 Å². The average molecular weight is 327 g/mol. The third-order valence-electron chi connectivity index (χ3n) is 3.48. The van der Waals surface area contributed by atoms with E-state index < -0.39 is 16.7 Å². The van der Waals surface area contributed by atoms with Crippen molar-refractivity contribution < 1.29 is 14.5 Å². The fourth-order valence-electron chi connectivity index (χ4n) is 2.27. The Hall–Kier alpha value is -2.35. The Morgan fingerprint density at radius 1 is 1.55 bits per heavy atom. The highest BCUT2D eigenvalue weighted by Gasteiger charge is 2.32. The van der Waals surface area contributed by atoms with Gasteiger partial charge in [-0.3, -0.25) is 19.7 Å². The van der Waals surface area contributed by atoms with Crippen LogP contribution in [0, 0.1) is 16.0 Å². The zero-order valence-corrected chi connectivity index (χ0v) is 12.4. The van der Waals surface area contributed by atoms with Crippen LogP contribution in [0.15, 0.2) is 18.2 Å². The van der Waals surface area contributed by atoms with Gasteiger partial charge in [0.15, 0.2) is 0 Å². The predicted molar refractivity (Wildman–Crippen MR) is 80.5 cm³/mol. The fourth-order valence-corrected chi connectivity index (χ4v) is 2.51. The van der Waals surface area contributed by atoms with Crippen LogP contribution < -0.4 is 11.1 Å². The molecule has 0 bridgehead atoms. The van der Waals surface area contributed by atoms with E-state index in [-0.39, 0.29) is 23.0 Å². The number of nitrogens with zero attached hydrogens (tertiary/aromatic N) is 2. The van der Waals surface area contributed by atoms with Crippen LogP contribution in [0.1, 0.15) is 6.42 Å². The Morgan fingerprint density at radius 2 is 2.27 bits per heavy atom. The lowest BCUT2D eigenvalue weighted by atomic mass is 10.1. The van der Waals surface area contributed by atoms with Gasteiger partial charge in [-0.2, -0.15) is 0 Å². The molecule has 1 atom stereocenters. The van der Waals surface area contributed by atoms with E-state index in [0.717, 1.165) is 0 Å². The number of primary amides is 1. The van der Waals surface area contributed by atoms with Gasteiger partial charge in [0.05, 0.1) is 21.6 Å². The van der Waals surface area contributed by atoms with Crippen LogP contribution in [0.3, 0.4) is 0 Å². The Balaban J connectivity index is 1.88. The molecule has 2 amide bonds. The van der Waals surface area contributed by atoms with E-state index in [9.17, 15) is 19.7 Å². The van der Waals surface area contributed by atoms with E-state index in [0.29, 0.717) is 25.3 Å². The molecule has 1 saturated heterocycles. The van der Waals surface area contributed by atoms with Crippen LogP contribution in [0.2, 0.25) is 5.02 Å². The molecule has 22 heavy (non-hydrogen) atoms. The summed E-state index contributed by atoms with van der Waals surface area (Å²) in [5, 5.41) is 13.9. The molecule has 8 nitrogen and oxygen atoms in total. The first-order valence-electron chi connectivity index (χ1n) is 6.63. The lowest BCUT2D eigenvalue weighted by Crippen LogP contribution is -2.32. The Kier molecular flexibility index (Phi) is 4.81. The largest absolute Gasteiger partial charge is 0.382 e. The van der Waals surface area contributed by atoms with Crippen molar-refractivity contribution in [2.45, 2.75) is 6.42 Å². The number of non-ortho nitro benzene ring substituents is 1. The molecule has 0 radical (unpaired) electrons. The van der Waals surface area contributed by atoms with Crippen molar-refractivity contribution >= 4 is 34.8 Å². The van der Waals surface area contributed by atoms with Gasteiger partial charge in [0.1, 0.15) is 0 Å². The molecular formula is C13H15ClN4O4. The molecule has 9 heteroatoms. The molecular weight excluding hydrogens is 312 g/mol. The summed E-state index contributed by atoms with van der Waals surface area (Å²) in [5.74, 6) is -1.02. The second-order valence-electron chi connectivity index (χ2n) is 4.99. The standard InChI is InChI=1S/C13H15ClN4O4/c14-10-6-9(18(21)22)1-2-11(10)16-3-4-17-7-8(13(15)20)5-12(17)19/h1-2,6,8,16H,3-5,7H2,(H2,15,20)/t8-/m0/s1. The number of likely N-dealkylation sites (tertiary alicyclic amines) is 1. The maximum Gasteiger partial charge on any atom is 0.271 e. The summed E-state index contributed by atoms with van der Waals surface area (Å²) < 4.78 is 0. The number of nitro groups is 1. The van der Waals surface area contributed by atoms with Crippen molar-refractivity contribution in [3.63, 3.8) is 0 Å². The number of hydrogen-bond acceptors (Lipinski definition) is 5. The summed E-state index contributed by atoms with van der Waals surface area (Å²) in [5.41, 5.74) is 5.65. The van der Waals surface area contributed by atoms with Crippen LogP contribution in [-0.4, -0.2) is 41.3 Å². The average Bonchev–Trinajstić information content (AvgIpc) is 2.82. The second kappa shape index (κ2) is 6.61. The summed E-state index contributed by atoms with van der Waals surface area (Å²) in [6.45, 7) is 1.13. The lowest BCUT2D eigenvalue weighted by molar-refractivity contribution is -0.384. The van der Waals surface area contributed by atoms with Crippen molar-refractivity contribution in [1.82, 2.24) is 4.90 Å². The number of carbonyl (C=O) groups excluding carboxylic acids is 2. The zero-order valence-electron chi connectivity index (χ0n) is 11.6. The van der Waals surface area contributed by atoms with E-state index in [1.165, 1.54) is 18.2 Å². The van der Waals surface area contributed by atoms with Crippen molar-refractivity contribution in [1.29, 1.82) is 0 Å². The molecule has 1 aliphatic rings. The van der Waals surface area contributed by atoms with E-state index in [1.54, 1.807) is 4.90 Å². The highest BCUT2D eigenvalue weighted by Crippen LogP contribution is 2.26. The number of benzene rings is 1. The quantitative estimate of drug-likeness (QED) is 0.597. The number of anilines is 1. The maximum atomic E-state index is 11.7. The first-order valence-corrected chi connectivity index (χ1v) is 7.01. The predicted octanol–water partition coefficient (Wildman–Crippen LogP) is 0.994. The van der Waals surface area contributed by atoms with Gasteiger partial charge < -0.3 is 16.0 Å². The van der Waals surface area contributed by atoms with Crippen LogP contribution in [0.4, 0.5) is 11.4 Å². The van der Waals surface area contributed by atoms with Crippen molar-refractivity contribution in [2.75, 3.05) is 25.0 Å². The number of nitrogens with one attached hydrogen (secondary N) is 1. The summed E-state index contributed by atoms with van der Waals surface area (Å²) in [4.78, 5) is 34.4. The molecule has 1 aliphatic heterocycles. The first-order chi connectivity index (χ1) is 10.4. The number of hydrogen-bond donors (Lipinski definition) is 2. The van der Waals surface area contributed by atoms with E-state index in [1.807, 2.05) is 0 Å². The Bertz CT molecular complexity index is 622. The normalized spacial score (nSPS) is 17.6. The number of carbonyl (C=O) groups is 2. The first kappa shape index (κ1) is 16.0. The summed E-state index contributed by atoms with van der Waals surface area (Å²) in [6.07, 6.45) is 0.146. The minimum atomic E-state index is -0.525. The third-order valence-corrected chi connectivity index (χ3v) is 3.79. The Morgan fingerprint density at radius 3 is 2.82 bits per heavy atom. The minimum absolute atomic E-state index is 0.0884. The molecule has 2 rings (SSSR count). The highest BCUT2D eigenvalue weighted by atomic mass is 35.5. The van der Waals surface area contributed by atoms with Crippen molar-refractivity contribution in [3.05, 3.63) is 33.3 Å². The van der Waals surface area contributed by atoms with Gasteiger partial charge in [0.2, 0.25) is 11.8 Å². The lowest BCUT2D eigenvalue weighted by Gasteiger charge is -2.17. The molecule has 0 saturated carbocycles. The third kappa shape index (κ3) is 3.64. The van der Waals surface area contributed by atoms with Crippen LogP contribution in [-0.2, 0) is 9.59 Å². The van der Waals surface area contributed by atoms with Crippen LogP contribution in [0.25, 0.3) is 0 Å². The second-order valence-corrected chi connectivity index (χ2v) is 5.40. The van der Waals surface area contributed by atoms with Gasteiger partial charge in [-0.05, 0) is 6.07 Å². The van der Waals surface area contributed by atoms with Crippen LogP contribution >= 0.6 is 11.6 Å². The number of amides is 2. The molecule has 0 aromatic heterocycles. The molecule has 3 N–H and O–H groups in total. The molecule has 118 valence electrons. The fraction of sp³-hybridized carbons (Fsp3) is 0.385. The van der Waals surface area contributed by atoms with Crippen molar-refractivity contribution in [2.24, 2.45) is 11.7 Å². The monoisotopic (exact) mass is 326 g/mol. The number of nitrogens with two attached hydrogens (primary N) is 1. The molecule has 1 aromatic carbocycles. The molecule has 1 aromatic rings. The summed E-state index contributed by atoms with van der Waals surface area (Å²) in [7, 11) is 0. The number of nitro benzene ring substituents is 1. The zero-order chi connectivity index (χ0) is 16.3. The summed E-state index contributed by atoms with van der Waals surface area (Å²) in [6, 6.07) is 4.12. The van der Waals surface area contributed by atoms with E-state index >= 15 is 0 Å². The SMILES string of the molecule is NC(=O)[C@H]1CC(=O)N(CCNc2ccc([N+](=O)[O-])cc2Cl)C1. The van der Waals surface area contributed by atoms with Gasteiger partial charge in [-0.15, -0.1) is 0 Å². The topological polar surface area (TPSA) is 119 Å². The van der Waals surface area contributed by atoms with Gasteiger partial charge in [-0.25, -0.2) is 0 Å². The van der Waals surface area contributed by atoms with Crippen molar-refractivity contribution in [3.8, 4) is 0 Å². The maximum absolute atomic E-state index is 11.7. The minimum Gasteiger partial charge on any atom is -0.382 e. The molecule has 1 fully saturated rings. The number of halogens is 1. The van der Waals surface area contributed by atoms with Gasteiger partial charge >= 0.3 is 0 Å². The van der Waals surface area contributed by atoms with Gasteiger partial charge in [0, 0.05) is 38.2 Å². The van der Waals surface area contributed by atoms with Gasteiger partial charge in [-0.1, -0.05) is 11.6 Å². The molecule has 0 spiro atoms. The van der Waals surface area contributed by atoms with E-state index in [2.05, 4.69) is 5.32 Å².